The zero-order valence-electron chi connectivity index (χ0n) is 17.6. The summed E-state index contributed by atoms with van der Waals surface area (Å²) in [7, 11) is 0. The molecular weight excluding hydrogens is 505 g/mol. The SMILES string of the molecule is C=CCn1c(CC(=O)Nc2ccc(C)c(Cl)c2)nnc1SCC(=O)Nc1cc(Cl)ccc1Cl. The molecule has 2 N–H and O–H groups in total. The Morgan fingerprint density at radius 3 is 2.58 bits per heavy atom. The Morgan fingerprint density at radius 1 is 1.06 bits per heavy atom. The Kier molecular flexibility index (Phi) is 8.80. The van der Waals surface area contributed by atoms with Crippen LogP contribution in [-0.2, 0) is 22.6 Å². The first-order chi connectivity index (χ1) is 15.8. The van der Waals surface area contributed by atoms with Crippen LogP contribution in [-0.4, -0.2) is 32.3 Å². The monoisotopic (exact) mass is 523 g/mol. The predicted molar refractivity (Wildman–Crippen MR) is 135 cm³/mol. The second kappa shape index (κ2) is 11.6. The number of thioether (sulfide) groups is 1. The maximum atomic E-state index is 12.5. The van der Waals surface area contributed by atoms with E-state index >= 15 is 0 Å². The molecule has 11 heteroatoms. The fourth-order valence-corrected chi connectivity index (χ4v) is 4.08. The second-order valence-electron chi connectivity index (χ2n) is 6.95. The predicted octanol–water partition coefficient (Wildman–Crippen LogP) is 5.64. The molecule has 33 heavy (non-hydrogen) atoms. The van der Waals surface area contributed by atoms with Crippen LogP contribution >= 0.6 is 46.6 Å². The summed E-state index contributed by atoms with van der Waals surface area (Å²) in [6, 6.07) is 10.1. The molecule has 1 aromatic heterocycles. The van der Waals surface area contributed by atoms with Crippen LogP contribution in [0.3, 0.4) is 0 Å². The highest BCUT2D eigenvalue weighted by Crippen LogP contribution is 2.26. The van der Waals surface area contributed by atoms with Crippen molar-refractivity contribution in [3.05, 3.63) is 75.5 Å². The normalized spacial score (nSPS) is 10.7. The molecule has 0 bridgehead atoms. The Hall–Kier alpha value is -2.52. The largest absolute Gasteiger partial charge is 0.326 e. The first-order valence-electron chi connectivity index (χ1n) is 9.73. The van der Waals surface area contributed by atoms with E-state index in [-0.39, 0.29) is 24.0 Å². The molecule has 0 spiro atoms. The topological polar surface area (TPSA) is 88.9 Å². The summed E-state index contributed by atoms with van der Waals surface area (Å²) in [5.41, 5.74) is 1.94. The minimum atomic E-state index is -0.284. The molecule has 0 aliphatic carbocycles. The van der Waals surface area contributed by atoms with Crippen molar-refractivity contribution >= 4 is 69.8 Å². The Labute approximate surface area is 210 Å². The van der Waals surface area contributed by atoms with Gasteiger partial charge < -0.3 is 15.2 Å². The van der Waals surface area contributed by atoms with E-state index in [9.17, 15) is 9.59 Å². The van der Waals surface area contributed by atoms with Gasteiger partial charge in [-0.15, -0.1) is 16.8 Å². The van der Waals surface area contributed by atoms with Gasteiger partial charge in [-0.3, -0.25) is 9.59 Å². The quantitative estimate of drug-likeness (QED) is 0.279. The van der Waals surface area contributed by atoms with Crippen molar-refractivity contribution in [1.29, 1.82) is 0 Å². The molecule has 1 heterocycles. The molecule has 3 aromatic rings. The molecule has 2 amide bonds. The highest BCUT2D eigenvalue weighted by Gasteiger charge is 2.17. The number of hydrogen-bond acceptors (Lipinski definition) is 5. The molecule has 0 saturated heterocycles. The van der Waals surface area contributed by atoms with E-state index < -0.39 is 0 Å². The molecule has 3 rings (SSSR count). The van der Waals surface area contributed by atoms with Crippen LogP contribution in [0.4, 0.5) is 11.4 Å². The minimum Gasteiger partial charge on any atom is -0.326 e. The van der Waals surface area contributed by atoms with Gasteiger partial charge in [-0.25, -0.2) is 0 Å². The fourth-order valence-electron chi connectivity index (χ4n) is 2.80. The lowest BCUT2D eigenvalue weighted by molar-refractivity contribution is -0.116. The van der Waals surface area contributed by atoms with Crippen molar-refractivity contribution in [2.24, 2.45) is 0 Å². The van der Waals surface area contributed by atoms with Crippen molar-refractivity contribution < 1.29 is 9.59 Å². The van der Waals surface area contributed by atoms with Crippen LogP contribution in [0.5, 0.6) is 0 Å². The first kappa shape index (κ1) is 25.1. The summed E-state index contributed by atoms with van der Waals surface area (Å²) in [5.74, 6) is -0.0385. The van der Waals surface area contributed by atoms with E-state index in [1.807, 2.05) is 13.0 Å². The second-order valence-corrected chi connectivity index (χ2v) is 9.14. The third-order valence-corrected chi connectivity index (χ3v) is 6.35. The third-order valence-electron chi connectivity index (χ3n) is 4.41. The van der Waals surface area contributed by atoms with E-state index in [0.717, 1.165) is 5.56 Å². The summed E-state index contributed by atoms with van der Waals surface area (Å²) in [5, 5.41) is 15.7. The lowest BCUT2D eigenvalue weighted by atomic mass is 10.2. The molecule has 0 fully saturated rings. The number of halogens is 3. The number of hydrogen-bond donors (Lipinski definition) is 2. The van der Waals surface area contributed by atoms with Crippen LogP contribution in [0.15, 0.2) is 54.2 Å². The zero-order valence-corrected chi connectivity index (χ0v) is 20.7. The molecule has 0 atom stereocenters. The molecule has 7 nitrogen and oxygen atoms in total. The van der Waals surface area contributed by atoms with E-state index in [0.29, 0.717) is 44.0 Å². The minimum absolute atomic E-state index is 0.00276. The zero-order chi connectivity index (χ0) is 24.0. The van der Waals surface area contributed by atoms with Gasteiger partial charge >= 0.3 is 0 Å². The average molecular weight is 525 g/mol. The standard InChI is InChI=1S/C22H20Cl3N5O2S/c1-3-8-30-19(11-20(31)26-15-6-4-13(2)17(25)10-15)28-29-22(30)33-12-21(32)27-18-9-14(23)5-7-16(18)24/h3-7,9-10H,1,8,11-12H2,2H3,(H,26,31)(H,27,32). The smallest absolute Gasteiger partial charge is 0.234 e. The summed E-state index contributed by atoms with van der Waals surface area (Å²) < 4.78 is 1.74. The van der Waals surface area contributed by atoms with Crippen molar-refractivity contribution in [3.8, 4) is 0 Å². The molecule has 0 saturated carbocycles. The van der Waals surface area contributed by atoms with Gasteiger partial charge in [-0.05, 0) is 42.8 Å². The number of nitrogens with zero attached hydrogens (tertiary/aromatic N) is 3. The summed E-state index contributed by atoms with van der Waals surface area (Å²) in [4.78, 5) is 24.9. The Balaban J connectivity index is 1.64. The molecule has 0 radical (unpaired) electrons. The first-order valence-corrected chi connectivity index (χ1v) is 11.9. The van der Waals surface area contributed by atoms with Gasteiger partial charge in [-0.1, -0.05) is 58.7 Å². The van der Waals surface area contributed by atoms with Gasteiger partial charge in [0, 0.05) is 22.3 Å². The number of benzene rings is 2. The number of nitrogens with one attached hydrogen (secondary N) is 2. The molecule has 172 valence electrons. The van der Waals surface area contributed by atoms with Gasteiger partial charge in [0.25, 0.3) is 0 Å². The van der Waals surface area contributed by atoms with Crippen molar-refractivity contribution in [3.63, 3.8) is 0 Å². The molecule has 0 aliphatic heterocycles. The lowest BCUT2D eigenvalue weighted by Gasteiger charge is -2.10. The summed E-state index contributed by atoms with van der Waals surface area (Å²) in [6.45, 7) is 6.01. The van der Waals surface area contributed by atoms with Crippen LogP contribution < -0.4 is 10.6 Å². The van der Waals surface area contributed by atoms with Crippen LogP contribution in [0.1, 0.15) is 11.4 Å². The highest BCUT2D eigenvalue weighted by molar-refractivity contribution is 7.99. The lowest BCUT2D eigenvalue weighted by Crippen LogP contribution is -2.18. The fraction of sp³-hybridized carbons (Fsp3) is 0.182. The van der Waals surface area contributed by atoms with Gasteiger partial charge in [0.05, 0.1) is 22.9 Å². The third kappa shape index (κ3) is 6.98. The number of amides is 2. The van der Waals surface area contributed by atoms with Gasteiger partial charge in [0.1, 0.15) is 5.82 Å². The van der Waals surface area contributed by atoms with E-state index in [4.69, 9.17) is 34.8 Å². The number of aromatic nitrogens is 3. The number of allylic oxidation sites excluding steroid dienone is 1. The van der Waals surface area contributed by atoms with Crippen molar-refractivity contribution in [1.82, 2.24) is 14.8 Å². The van der Waals surface area contributed by atoms with E-state index in [1.165, 1.54) is 11.8 Å². The highest BCUT2D eigenvalue weighted by atomic mass is 35.5. The van der Waals surface area contributed by atoms with Crippen LogP contribution in [0, 0.1) is 6.92 Å². The Bertz CT molecular complexity index is 1200. The number of anilines is 2. The summed E-state index contributed by atoms with van der Waals surface area (Å²) in [6.07, 6.45) is 1.66. The number of carbonyl (C=O) groups is 2. The Morgan fingerprint density at radius 2 is 1.85 bits per heavy atom. The number of carbonyl (C=O) groups excluding carboxylic acids is 2. The molecule has 2 aromatic carbocycles. The number of rotatable bonds is 9. The van der Waals surface area contributed by atoms with Crippen LogP contribution in [0.25, 0.3) is 0 Å². The van der Waals surface area contributed by atoms with Gasteiger partial charge in [0.2, 0.25) is 11.8 Å². The van der Waals surface area contributed by atoms with E-state index in [1.54, 1.807) is 41.0 Å². The summed E-state index contributed by atoms with van der Waals surface area (Å²) >= 11 is 19.3. The number of aryl methyl sites for hydroxylation is 1. The van der Waals surface area contributed by atoms with Gasteiger partial charge in [-0.2, -0.15) is 0 Å². The molecular formula is C22H20Cl3N5O2S. The molecule has 0 aliphatic rings. The van der Waals surface area contributed by atoms with Crippen LogP contribution in [0.2, 0.25) is 15.1 Å². The van der Waals surface area contributed by atoms with E-state index in [2.05, 4.69) is 27.4 Å². The molecule has 0 unspecified atom stereocenters. The maximum Gasteiger partial charge on any atom is 0.234 e. The average Bonchev–Trinajstić information content (AvgIpc) is 3.13. The maximum absolute atomic E-state index is 12.5. The van der Waals surface area contributed by atoms with Gasteiger partial charge in [0.15, 0.2) is 5.16 Å². The van der Waals surface area contributed by atoms with Crippen molar-refractivity contribution in [2.75, 3.05) is 16.4 Å². The van der Waals surface area contributed by atoms with Crippen molar-refractivity contribution in [2.45, 2.75) is 25.0 Å².